The lowest BCUT2D eigenvalue weighted by Gasteiger charge is -2.24. The molecule has 0 aliphatic rings. The zero-order chi connectivity index (χ0) is 19.8. The summed E-state index contributed by atoms with van der Waals surface area (Å²) in [5.74, 6) is 0.538. The second kappa shape index (κ2) is 9.33. The first-order valence-electron chi connectivity index (χ1n) is 8.45. The van der Waals surface area contributed by atoms with Crippen LogP contribution in [0.2, 0.25) is 0 Å². The first-order chi connectivity index (χ1) is 12.9. The number of carbonyl (C=O) groups is 1. The lowest BCUT2D eigenvalue weighted by atomic mass is 10.1. The monoisotopic (exact) mass is 366 g/mol. The van der Waals surface area contributed by atoms with Gasteiger partial charge in [0.2, 0.25) is 5.91 Å². The van der Waals surface area contributed by atoms with Crippen molar-refractivity contribution in [3.05, 3.63) is 88.5 Å². The summed E-state index contributed by atoms with van der Waals surface area (Å²) in [4.78, 5) is 24.4. The van der Waals surface area contributed by atoms with Crippen LogP contribution in [0.5, 0.6) is 5.75 Å². The van der Waals surface area contributed by atoms with Gasteiger partial charge in [0.15, 0.2) is 0 Å². The fraction of sp³-hybridized carbons (Fsp3) is 0.190. The fourth-order valence-corrected chi connectivity index (χ4v) is 2.43. The van der Waals surface area contributed by atoms with Crippen LogP contribution in [0.15, 0.2) is 67.3 Å². The number of hydrogen-bond acceptors (Lipinski definition) is 4. The Morgan fingerprint density at radius 1 is 1.30 bits per heavy atom. The topological polar surface area (TPSA) is 72.7 Å². The van der Waals surface area contributed by atoms with Crippen molar-refractivity contribution in [3.63, 3.8) is 0 Å². The summed E-state index contributed by atoms with van der Waals surface area (Å²) in [5, 5.41) is 10.9. The molecule has 0 radical (unpaired) electrons. The Hall–Kier alpha value is -3.41. The van der Waals surface area contributed by atoms with Crippen LogP contribution in [0.1, 0.15) is 24.1 Å². The Labute approximate surface area is 158 Å². The normalized spacial score (nSPS) is 11.8. The van der Waals surface area contributed by atoms with Gasteiger partial charge >= 0.3 is 0 Å². The molecule has 6 heteroatoms. The molecule has 27 heavy (non-hydrogen) atoms. The standard InChI is InChI=1S/C21H22N2O4/c1-4-14-27-20-11-8-17(9-12-20)10-13-21(24)22(3)16(2)18-6-5-7-19(15-18)23(25)26/h4-13,15-16H,1,14H2,2-3H3/b13-10+/t16-/m1/s1. The molecule has 2 aromatic rings. The van der Waals surface area contributed by atoms with E-state index in [1.807, 2.05) is 31.2 Å². The fourth-order valence-electron chi connectivity index (χ4n) is 2.43. The predicted molar refractivity (Wildman–Crippen MR) is 105 cm³/mol. The molecule has 0 aromatic heterocycles. The van der Waals surface area contributed by atoms with Gasteiger partial charge in [-0.3, -0.25) is 14.9 Å². The van der Waals surface area contributed by atoms with Gasteiger partial charge in [-0.25, -0.2) is 0 Å². The second-order valence-electron chi connectivity index (χ2n) is 5.98. The Balaban J connectivity index is 2.03. The van der Waals surface area contributed by atoms with E-state index in [0.717, 1.165) is 11.3 Å². The molecule has 0 saturated heterocycles. The average Bonchev–Trinajstić information content (AvgIpc) is 2.70. The third-order valence-corrected chi connectivity index (χ3v) is 4.16. The van der Waals surface area contributed by atoms with Crippen LogP contribution < -0.4 is 4.74 Å². The quantitative estimate of drug-likeness (QED) is 0.301. The van der Waals surface area contributed by atoms with Gasteiger partial charge in [-0.15, -0.1) is 0 Å². The summed E-state index contributed by atoms with van der Waals surface area (Å²) in [5.41, 5.74) is 1.58. The molecule has 6 nitrogen and oxygen atoms in total. The number of carbonyl (C=O) groups excluding carboxylic acids is 1. The summed E-state index contributed by atoms with van der Waals surface area (Å²) < 4.78 is 5.42. The van der Waals surface area contributed by atoms with Crippen molar-refractivity contribution in [2.75, 3.05) is 13.7 Å². The predicted octanol–water partition coefficient (Wildman–Crippen LogP) is 4.39. The van der Waals surface area contributed by atoms with Gasteiger partial charge in [0, 0.05) is 25.3 Å². The number of amides is 1. The average molecular weight is 366 g/mol. The molecule has 0 fully saturated rings. The highest BCUT2D eigenvalue weighted by atomic mass is 16.6. The molecular weight excluding hydrogens is 344 g/mol. The van der Waals surface area contributed by atoms with Gasteiger partial charge < -0.3 is 9.64 Å². The molecule has 0 aliphatic heterocycles. The molecule has 0 spiro atoms. The molecule has 2 rings (SSSR count). The van der Waals surface area contributed by atoms with Crippen molar-refractivity contribution < 1.29 is 14.5 Å². The molecule has 0 heterocycles. The van der Waals surface area contributed by atoms with E-state index in [9.17, 15) is 14.9 Å². The number of benzene rings is 2. The number of nitrogens with zero attached hydrogens (tertiary/aromatic N) is 2. The van der Waals surface area contributed by atoms with Crippen LogP contribution in [0.4, 0.5) is 5.69 Å². The van der Waals surface area contributed by atoms with E-state index in [0.29, 0.717) is 12.2 Å². The molecule has 0 aliphatic carbocycles. The third kappa shape index (κ3) is 5.54. The third-order valence-electron chi connectivity index (χ3n) is 4.16. The zero-order valence-corrected chi connectivity index (χ0v) is 15.4. The van der Waals surface area contributed by atoms with E-state index < -0.39 is 4.92 Å². The minimum Gasteiger partial charge on any atom is -0.490 e. The molecule has 1 amide bonds. The number of ether oxygens (including phenoxy) is 1. The largest absolute Gasteiger partial charge is 0.490 e. The number of nitro groups is 1. The van der Waals surface area contributed by atoms with Gasteiger partial charge in [-0.1, -0.05) is 36.9 Å². The number of rotatable bonds is 8. The summed E-state index contributed by atoms with van der Waals surface area (Å²) in [6.45, 7) is 5.86. The van der Waals surface area contributed by atoms with Crippen LogP contribution in [0, 0.1) is 10.1 Å². The smallest absolute Gasteiger partial charge is 0.269 e. The van der Waals surface area contributed by atoms with Gasteiger partial charge in [0.1, 0.15) is 12.4 Å². The zero-order valence-electron chi connectivity index (χ0n) is 15.4. The van der Waals surface area contributed by atoms with Gasteiger partial charge in [0.05, 0.1) is 11.0 Å². The second-order valence-corrected chi connectivity index (χ2v) is 5.98. The molecule has 2 aromatic carbocycles. The van der Waals surface area contributed by atoms with Crippen LogP contribution in [-0.2, 0) is 4.79 Å². The molecule has 1 atom stereocenters. The maximum Gasteiger partial charge on any atom is 0.269 e. The van der Waals surface area contributed by atoms with E-state index in [2.05, 4.69) is 6.58 Å². The molecule has 0 N–H and O–H groups in total. The first kappa shape index (κ1) is 19.9. The Morgan fingerprint density at radius 3 is 2.63 bits per heavy atom. The highest BCUT2D eigenvalue weighted by molar-refractivity contribution is 5.91. The van der Waals surface area contributed by atoms with Gasteiger partial charge in [-0.05, 0) is 36.3 Å². The van der Waals surface area contributed by atoms with Crippen LogP contribution in [0.25, 0.3) is 6.08 Å². The summed E-state index contributed by atoms with van der Waals surface area (Å²) in [6.07, 6.45) is 4.87. The van der Waals surface area contributed by atoms with E-state index in [-0.39, 0.29) is 17.6 Å². The summed E-state index contributed by atoms with van der Waals surface area (Å²) in [6, 6.07) is 13.4. The lowest BCUT2D eigenvalue weighted by Crippen LogP contribution is -2.28. The van der Waals surface area contributed by atoms with E-state index in [1.54, 1.807) is 31.3 Å². The molecule has 0 unspecified atom stereocenters. The lowest BCUT2D eigenvalue weighted by molar-refractivity contribution is -0.384. The minimum atomic E-state index is -0.444. The van der Waals surface area contributed by atoms with Crippen molar-refractivity contribution in [2.45, 2.75) is 13.0 Å². The Bertz CT molecular complexity index is 844. The maximum absolute atomic E-state index is 12.4. The van der Waals surface area contributed by atoms with E-state index >= 15 is 0 Å². The first-order valence-corrected chi connectivity index (χ1v) is 8.45. The molecule has 0 saturated carbocycles. The maximum atomic E-state index is 12.4. The van der Waals surface area contributed by atoms with Crippen molar-refractivity contribution >= 4 is 17.7 Å². The Morgan fingerprint density at radius 2 is 2.00 bits per heavy atom. The number of likely N-dealkylation sites (N-methyl/N-ethyl adjacent to an activating group) is 1. The van der Waals surface area contributed by atoms with Gasteiger partial charge in [-0.2, -0.15) is 0 Å². The summed E-state index contributed by atoms with van der Waals surface area (Å²) in [7, 11) is 1.67. The van der Waals surface area contributed by atoms with E-state index in [1.165, 1.54) is 23.1 Å². The number of non-ortho nitro benzene ring substituents is 1. The van der Waals surface area contributed by atoms with Crippen molar-refractivity contribution in [1.29, 1.82) is 0 Å². The van der Waals surface area contributed by atoms with Crippen LogP contribution in [-0.4, -0.2) is 29.4 Å². The Kier molecular flexibility index (Phi) is 6.88. The van der Waals surface area contributed by atoms with Crippen molar-refractivity contribution in [1.82, 2.24) is 4.90 Å². The minimum absolute atomic E-state index is 0.00880. The van der Waals surface area contributed by atoms with Crippen LogP contribution >= 0.6 is 0 Å². The number of hydrogen-bond donors (Lipinski definition) is 0. The van der Waals surface area contributed by atoms with Crippen molar-refractivity contribution in [2.24, 2.45) is 0 Å². The van der Waals surface area contributed by atoms with Gasteiger partial charge in [0.25, 0.3) is 5.69 Å². The highest BCUT2D eigenvalue weighted by Gasteiger charge is 2.17. The highest BCUT2D eigenvalue weighted by Crippen LogP contribution is 2.23. The molecule has 140 valence electrons. The molecular formula is C21H22N2O4. The van der Waals surface area contributed by atoms with Crippen molar-refractivity contribution in [3.8, 4) is 5.75 Å². The summed E-state index contributed by atoms with van der Waals surface area (Å²) >= 11 is 0. The van der Waals surface area contributed by atoms with Crippen LogP contribution in [0.3, 0.4) is 0 Å². The number of nitro benzene ring substituents is 1. The van der Waals surface area contributed by atoms with E-state index in [4.69, 9.17) is 4.74 Å². The molecule has 0 bridgehead atoms. The SMILES string of the molecule is C=CCOc1ccc(/C=C/C(=O)N(C)[C@H](C)c2cccc([N+](=O)[O-])c2)cc1.